The van der Waals surface area contributed by atoms with Crippen LogP contribution in [0.3, 0.4) is 0 Å². The second-order valence-corrected chi connectivity index (χ2v) is 7.34. The lowest BCUT2D eigenvalue weighted by Gasteiger charge is -2.09. The molecule has 1 heterocycles. The summed E-state index contributed by atoms with van der Waals surface area (Å²) in [6, 6.07) is 22.5. The number of halogens is 1. The van der Waals surface area contributed by atoms with Gasteiger partial charge in [-0.15, -0.1) is 0 Å². The Bertz CT molecular complexity index is 1160. The fourth-order valence-electron chi connectivity index (χ4n) is 3.00. The average molecular weight is 391 g/mol. The van der Waals surface area contributed by atoms with Crippen LogP contribution < -0.4 is 4.74 Å². The number of carbonyl (C=O) groups is 1. The first-order chi connectivity index (χ1) is 13.5. The van der Waals surface area contributed by atoms with E-state index in [1.807, 2.05) is 62.4 Å². The summed E-state index contributed by atoms with van der Waals surface area (Å²) >= 11 is 6.12. The summed E-state index contributed by atoms with van der Waals surface area (Å²) < 4.78 is 7.34. The minimum absolute atomic E-state index is 0.193. The van der Waals surface area contributed by atoms with Crippen LogP contribution in [-0.4, -0.2) is 15.7 Å². The van der Waals surface area contributed by atoms with E-state index in [1.165, 1.54) is 0 Å². The van der Waals surface area contributed by atoms with Gasteiger partial charge in [-0.2, -0.15) is 5.10 Å². The van der Waals surface area contributed by atoms with Crippen LogP contribution in [0, 0.1) is 0 Å². The number of hydrogen-bond donors (Lipinski definition) is 0. The first-order valence-electron chi connectivity index (χ1n) is 9.08. The quantitative estimate of drug-likeness (QED) is 0.400. The van der Waals surface area contributed by atoms with Gasteiger partial charge in [-0.05, 0) is 47.0 Å². The van der Waals surface area contributed by atoms with Gasteiger partial charge in [0.2, 0.25) is 5.88 Å². The number of ether oxygens (including phenoxy) is 1. The molecule has 0 fully saturated rings. The second kappa shape index (κ2) is 7.49. The van der Waals surface area contributed by atoms with Gasteiger partial charge in [0.05, 0.1) is 16.9 Å². The smallest absolute Gasteiger partial charge is 0.344 e. The molecule has 4 rings (SSSR count). The fourth-order valence-corrected chi connectivity index (χ4v) is 3.18. The Labute approximate surface area is 168 Å². The van der Waals surface area contributed by atoms with Crippen molar-refractivity contribution in [1.82, 2.24) is 9.78 Å². The van der Waals surface area contributed by atoms with Gasteiger partial charge in [-0.1, -0.05) is 61.8 Å². The summed E-state index contributed by atoms with van der Waals surface area (Å²) in [6.07, 6.45) is 0. The van der Waals surface area contributed by atoms with Crippen molar-refractivity contribution in [3.63, 3.8) is 0 Å². The maximum atomic E-state index is 12.8. The van der Waals surface area contributed by atoms with Gasteiger partial charge in [-0.3, -0.25) is 0 Å². The molecule has 0 bridgehead atoms. The van der Waals surface area contributed by atoms with E-state index in [2.05, 4.69) is 5.10 Å². The summed E-state index contributed by atoms with van der Waals surface area (Å²) in [5.41, 5.74) is 2.06. The summed E-state index contributed by atoms with van der Waals surface area (Å²) in [7, 11) is 0. The first kappa shape index (κ1) is 18.3. The molecule has 0 atom stereocenters. The maximum absolute atomic E-state index is 12.8. The van der Waals surface area contributed by atoms with Gasteiger partial charge in [0.1, 0.15) is 0 Å². The van der Waals surface area contributed by atoms with E-state index in [1.54, 1.807) is 28.9 Å². The van der Waals surface area contributed by atoms with Crippen molar-refractivity contribution in [2.24, 2.45) is 0 Å². The van der Waals surface area contributed by atoms with Crippen LogP contribution in [0.25, 0.3) is 16.5 Å². The van der Waals surface area contributed by atoms with Gasteiger partial charge in [0.25, 0.3) is 0 Å². The Kier molecular flexibility index (Phi) is 4.88. The number of hydrogen-bond acceptors (Lipinski definition) is 3. The Morgan fingerprint density at radius 3 is 2.50 bits per heavy atom. The van der Waals surface area contributed by atoms with Crippen molar-refractivity contribution in [3.05, 3.63) is 89.1 Å². The van der Waals surface area contributed by atoms with E-state index < -0.39 is 5.97 Å². The predicted molar refractivity (Wildman–Crippen MR) is 112 cm³/mol. The summed E-state index contributed by atoms with van der Waals surface area (Å²) in [5, 5.41) is 7.25. The van der Waals surface area contributed by atoms with E-state index in [0.717, 1.165) is 22.2 Å². The monoisotopic (exact) mass is 390 g/mol. The normalized spacial score (nSPS) is 11.1. The second-order valence-electron chi connectivity index (χ2n) is 6.91. The molecule has 0 spiro atoms. The summed E-state index contributed by atoms with van der Waals surface area (Å²) in [5.74, 6) is 0.131. The van der Waals surface area contributed by atoms with Crippen LogP contribution in [0.1, 0.15) is 35.8 Å². The minimum atomic E-state index is -0.427. The predicted octanol–water partition coefficient (Wildman–Crippen LogP) is 6.02. The molecule has 3 aromatic carbocycles. The van der Waals surface area contributed by atoms with Crippen molar-refractivity contribution < 1.29 is 9.53 Å². The Morgan fingerprint density at radius 1 is 0.964 bits per heavy atom. The molecule has 0 amide bonds. The molecular formula is C23H19ClN2O2. The number of fused-ring (bicyclic) bond motifs is 1. The van der Waals surface area contributed by atoms with Gasteiger partial charge in [0, 0.05) is 11.1 Å². The molecule has 1 aromatic heterocycles. The third-order valence-corrected chi connectivity index (χ3v) is 4.76. The van der Waals surface area contributed by atoms with Crippen molar-refractivity contribution >= 4 is 28.3 Å². The van der Waals surface area contributed by atoms with Gasteiger partial charge in [0.15, 0.2) is 0 Å². The highest BCUT2D eigenvalue weighted by Crippen LogP contribution is 2.26. The van der Waals surface area contributed by atoms with Crippen LogP contribution in [0.4, 0.5) is 0 Å². The molecule has 4 nitrogen and oxygen atoms in total. The van der Waals surface area contributed by atoms with Gasteiger partial charge >= 0.3 is 5.97 Å². The number of benzene rings is 3. The topological polar surface area (TPSA) is 44.1 Å². The highest BCUT2D eigenvalue weighted by atomic mass is 35.5. The molecule has 0 unspecified atom stereocenters. The molecule has 4 aromatic rings. The number of rotatable bonds is 4. The van der Waals surface area contributed by atoms with E-state index in [9.17, 15) is 4.79 Å². The van der Waals surface area contributed by atoms with E-state index in [-0.39, 0.29) is 5.92 Å². The lowest BCUT2D eigenvalue weighted by Crippen LogP contribution is -2.11. The molecule has 0 aliphatic heterocycles. The van der Waals surface area contributed by atoms with Crippen LogP contribution in [0.15, 0.2) is 72.8 Å². The lowest BCUT2D eigenvalue weighted by atomic mass is 10.1. The summed E-state index contributed by atoms with van der Waals surface area (Å²) in [6.45, 7) is 4.08. The molecule has 0 aliphatic rings. The molecule has 28 heavy (non-hydrogen) atoms. The number of nitrogens with zero attached hydrogens (tertiary/aromatic N) is 2. The molecular weight excluding hydrogens is 372 g/mol. The SMILES string of the molecule is CC(C)c1cc(OC(=O)c2ccc3ccccc3c2)n(-c2cccc(Cl)c2)n1. The fraction of sp³-hybridized carbons (Fsp3) is 0.130. The van der Waals surface area contributed by atoms with Gasteiger partial charge in [-0.25, -0.2) is 9.48 Å². The van der Waals surface area contributed by atoms with Crippen LogP contribution >= 0.6 is 11.6 Å². The molecule has 0 aliphatic carbocycles. The number of esters is 1. The lowest BCUT2D eigenvalue weighted by molar-refractivity contribution is 0.0723. The molecule has 0 N–H and O–H groups in total. The van der Waals surface area contributed by atoms with Crippen molar-refractivity contribution in [2.75, 3.05) is 0 Å². The molecule has 5 heteroatoms. The third-order valence-electron chi connectivity index (χ3n) is 4.52. The van der Waals surface area contributed by atoms with Crippen molar-refractivity contribution in [2.45, 2.75) is 19.8 Å². The van der Waals surface area contributed by atoms with Crippen molar-refractivity contribution in [3.8, 4) is 11.6 Å². The van der Waals surface area contributed by atoms with Crippen LogP contribution in [-0.2, 0) is 0 Å². The standard InChI is InChI=1S/C23H19ClN2O2/c1-15(2)21-14-22(26(25-21)20-9-5-8-19(24)13-20)28-23(27)18-11-10-16-6-3-4-7-17(16)12-18/h3-15H,1-2H3. The Morgan fingerprint density at radius 2 is 1.75 bits per heavy atom. The highest BCUT2D eigenvalue weighted by Gasteiger charge is 2.18. The Balaban J connectivity index is 1.70. The third kappa shape index (κ3) is 3.64. The number of aromatic nitrogens is 2. The number of carbonyl (C=O) groups excluding carboxylic acids is 1. The average Bonchev–Trinajstić information content (AvgIpc) is 3.12. The zero-order valence-corrected chi connectivity index (χ0v) is 16.4. The summed E-state index contributed by atoms with van der Waals surface area (Å²) in [4.78, 5) is 12.8. The first-order valence-corrected chi connectivity index (χ1v) is 9.46. The van der Waals surface area contributed by atoms with E-state index in [4.69, 9.17) is 16.3 Å². The molecule has 0 saturated carbocycles. The zero-order valence-electron chi connectivity index (χ0n) is 15.6. The Hall–Kier alpha value is -3.11. The largest absolute Gasteiger partial charge is 0.404 e. The highest BCUT2D eigenvalue weighted by molar-refractivity contribution is 6.30. The van der Waals surface area contributed by atoms with Crippen LogP contribution in [0.5, 0.6) is 5.88 Å². The maximum Gasteiger partial charge on any atom is 0.344 e. The van der Waals surface area contributed by atoms with Crippen molar-refractivity contribution in [1.29, 1.82) is 0 Å². The molecule has 0 radical (unpaired) electrons. The van der Waals surface area contributed by atoms with Crippen LogP contribution in [0.2, 0.25) is 5.02 Å². The molecule has 140 valence electrons. The van der Waals surface area contributed by atoms with Gasteiger partial charge < -0.3 is 4.74 Å². The minimum Gasteiger partial charge on any atom is -0.404 e. The van der Waals surface area contributed by atoms with E-state index in [0.29, 0.717) is 16.5 Å². The van der Waals surface area contributed by atoms with E-state index >= 15 is 0 Å². The molecule has 0 saturated heterocycles. The zero-order chi connectivity index (χ0) is 19.7.